The fraction of sp³-hybridized carbons (Fsp3) is 0.227. The number of aromatic nitrogens is 2. The van der Waals surface area contributed by atoms with Crippen molar-refractivity contribution in [3.05, 3.63) is 71.5 Å². The highest BCUT2D eigenvalue weighted by Crippen LogP contribution is 2.33. The molecule has 2 aromatic carbocycles. The van der Waals surface area contributed by atoms with E-state index in [1.54, 1.807) is 4.90 Å². The van der Waals surface area contributed by atoms with Crippen LogP contribution in [-0.2, 0) is 4.79 Å². The molecule has 0 bridgehead atoms. The molecule has 2 heterocycles. The van der Waals surface area contributed by atoms with Crippen LogP contribution < -0.4 is 5.32 Å². The van der Waals surface area contributed by atoms with Crippen molar-refractivity contribution in [2.45, 2.75) is 18.8 Å². The first-order valence-electron chi connectivity index (χ1n) is 9.54. The Morgan fingerprint density at radius 2 is 2.10 bits per heavy atom. The number of carbonyl (C=O) groups excluding carboxylic acids is 1. The van der Waals surface area contributed by atoms with Gasteiger partial charge in [0, 0.05) is 24.4 Å². The zero-order valence-electron chi connectivity index (χ0n) is 16.0. The van der Waals surface area contributed by atoms with Crippen LogP contribution in [-0.4, -0.2) is 33.9 Å². The molecule has 154 valence electrons. The number of likely N-dealkylation sites (tertiary alicyclic amines) is 1. The number of hydrogen-bond acceptors (Lipinski definition) is 4. The van der Waals surface area contributed by atoms with E-state index >= 15 is 0 Å². The molecule has 30 heavy (non-hydrogen) atoms. The smallest absolute Gasteiger partial charge is 0.245 e. The Hall–Kier alpha value is -3.06. The maximum Gasteiger partial charge on any atom is 0.245 e. The predicted molar refractivity (Wildman–Crippen MR) is 113 cm³/mol. The molecule has 0 spiro atoms. The van der Waals surface area contributed by atoms with Crippen molar-refractivity contribution in [2.24, 2.45) is 0 Å². The molecule has 1 aromatic heterocycles. The molecule has 1 aliphatic heterocycles. The summed E-state index contributed by atoms with van der Waals surface area (Å²) < 4.78 is 27.8. The van der Waals surface area contributed by atoms with Gasteiger partial charge in [-0.05, 0) is 48.7 Å². The van der Waals surface area contributed by atoms with Gasteiger partial charge < -0.3 is 10.2 Å². The highest BCUT2D eigenvalue weighted by molar-refractivity contribution is 6.31. The summed E-state index contributed by atoms with van der Waals surface area (Å²) in [5, 5.41) is 3.02. The van der Waals surface area contributed by atoms with Crippen molar-refractivity contribution in [3.63, 3.8) is 0 Å². The number of amides is 1. The second kappa shape index (κ2) is 8.36. The largest absolute Gasteiger partial charge is 0.339 e. The third-order valence-electron chi connectivity index (χ3n) is 5.33. The van der Waals surface area contributed by atoms with E-state index in [0.717, 1.165) is 31.0 Å². The summed E-state index contributed by atoms with van der Waals surface area (Å²) in [6.45, 7) is 4.89. The lowest BCUT2D eigenvalue weighted by Gasteiger charge is -2.32. The molecule has 0 saturated carbocycles. The number of nitrogens with one attached hydrogen (secondary N) is 1. The zero-order valence-corrected chi connectivity index (χ0v) is 16.8. The van der Waals surface area contributed by atoms with Crippen LogP contribution in [0.3, 0.4) is 0 Å². The summed E-state index contributed by atoms with van der Waals surface area (Å²) in [5.74, 6) is -1.24. The van der Waals surface area contributed by atoms with Crippen molar-refractivity contribution in [1.82, 2.24) is 14.9 Å². The second-order valence-electron chi connectivity index (χ2n) is 7.17. The average molecular weight is 429 g/mol. The third kappa shape index (κ3) is 3.85. The van der Waals surface area contributed by atoms with Crippen LogP contribution in [0.25, 0.3) is 10.9 Å². The number of benzene rings is 2. The van der Waals surface area contributed by atoms with E-state index in [9.17, 15) is 13.6 Å². The van der Waals surface area contributed by atoms with E-state index in [-0.39, 0.29) is 17.5 Å². The number of fused-ring (bicyclic) bond motifs is 1. The number of rotatable bonds is 4. The Balaban J connectivity index is 1.68. The number of piperidine rings is 1. The first-order chi connectivity index (χ1) is 14.5. The minimum absolute atomic E-state index is 0.0206. The summed E-state index contributed by atoms with van der Waals surface area (Å²) in [5.41, 5.74) is 1.74. The Bertz CT molecular complexity index is 1140. The molecule has 8 heteroatoms. The fourth-order valence-corrected chi connectivity index (χ4v) is 3.92. The van der Waals surface area contributed by atoms with Crippen LogP contribution >= 0.6 is 11.6 Å². The Labute approximate surface area is 177 Å². The molecule has 1 aliphatic rings. The van der Waals surface area contributed by atoms with Gasteiger partial charge in [0.15, 0.2) is 5.82 Å². The molecule has 4 rings (SSSR count). The van der Waals surface area contributed by atoms with Crippen molar-refractivity contribution < 1.29 is 13.6 Å². The molecule has 1 amide bonds. The standard InChI is InChI=1S/C22H19ClF2N4O/c1-2-19(30)29-9-3-4-14(11-29)13-5-7-17-15(10-13)22(27-12-26-17)28-18-8-6-16(24)20(23)21(18)25/h2,5-8,10,12,14H,1,3-4,9,11H2,(H,26,27,28)/t14-/m0/s1. The van der Waals surface area contributed by atoms with Crippen LogP contribution in [0.2, 0.25) is 5.02 Å². The summed E-state index contributed by atoms with van der Waals surface area (Å²) >= 11 is 5.68. The zero-order chi connectivity index (χ0) is 21.3. The highest BCUT2D eigenvalue weighted by atomic mass is 35.5. The third-order valence-corrected chi connectivity index (χ3v) is 5.67. The number of anilines is 2. The van der Waals surface area contributed by atoms with Crippen LogP contribution in [0.4, 0.5) is 20.3 Å². The van der Waals surface area contributed by atoms with Crippen LogP contribution in [0, 0.1) is 11.6 Å². The molecule has 5 nitrogen and oxygen atoms in total. The summed E-state index contributed by atoms with van der Waals surface area (Å²) in [6, 6.07) is 8.18. The molecule has 1 N–H and O–H groups in total. The molecule has 3 aromatic rings. The van der Waals surface area contributed by atoms with Gasteiger partial charge in [0.05, 0.1) is 11.2 Å². The van der Waals surface area contributed by atoms with E-state index < -0.39 is 16.7 Å². The lowest BCUT2D eigenvalue weighted by Crippen LogP contribution is -2.38. The summed E-state index contributed by atoms with van der Waals surface area (Å²) in [7, 11) is 0. The maximum absolute atomic E-state index is 14.3. The van der Waals surface area contributed by atoms with Gasteiger partial charge in [-0.1, -0.05) is 24.2 Å². The first kappa shape index (κ1) is 20.2. The quantitative estimate of drug-likeness (QED) is 0.458. The minimum Gasteiger partial charge on any atom is -0.339 e. The van der Waals surface area contributed by atoms with Crippen LogP contribution in [0.1, 0.15) is 24.3 Å². The normalized spacial score (nSPS) is 16.5. The fourth-order valence-electron chi connectivity index (χ4n) is 3.76. The topological polar surface area (TPSA) is 58.1 Å². The van der Waals surface area contributed by atoms with Gasteiger partial charge >= 0.3 is 0 Å². The predicted octanol–water partition coefficient (Wildman–Crippen LogP) is 5.20. The van der Waals surface area contributed by atoms with E-state index in [4.69, 9.17) is 11.6 Å². The average Bonchev–Trinajstić information content (AvgIpc) is 2.79. The molecule has 0 aliphatic carbocycles. The van der Waals surface area contributed by atoms with Gasteiger partial charge in [0.2, 0.25) is 5.91 Å². The van der Waals surface area contributed by atoms with E-state index in [1.165, 1.54) is 18.5 Å². The van der Waals surface area contributed by atoms with Crippen molar-refractivity contribution in [1.29, 1.82) is 0 Å². The lowest BCUT2D eigenvalue weighted by molar-refractivity contribution is -0.127. The van der Waals surface area contributed by atoms with Gasteiger partial charge in [-0.3, -0.25) is 4.79 Å². The van der Waals surface area contributed by atoms with Crippen LogP contribution in [0.15, 0.2) is 49.3 Å². The van der Waals surface area contributed by atoms with Crippen LogP contribution in [0.5, 0.6) is 0 Å². The van der Waals surface area contributed by atoms with E-state index in [1.807, 2.05) is 18.2 Å². The van der Waals surface area contributed by atoms with Crippen molar-refractivity contribution >= 4 is 39.9 Å². The van der Waals surface area contributed by atoms with Crippen molar-refractivity contribution in [3.8, 4) is 0 Å². The minimum atomic E-state index is -0.884. The Morgan fingerprint density at radius 1 is 1.27 bits per heavy atom. The lowest BCUT2D eigenvalue weighted by atomic mass is 9.90. The Kier molecular flexibility index (Phi) is 5.63. The maximum atomic E-state index is 14.3. The van der Waals surface area contributed by atoms with E-state index in [0.29, 0.717) is 23.3 Å². The molecule has 1 atom stereocenters. The van der Waals surface area contributed by atoms with Gasteiger partial charge in [0.25, 0.3) is 0 Å². The SMILES string of the molecule is C=CC(=O)N1CCC[C@H](c2ccc3ncnc(Nc4ccc(F)c(Cl)c4F)c3c2)C1. The number of carbonyl (C=O) groups is 1. The summed E-state index contributed by atoms with van der Waals surface area (Å²) in [4.78, 5) is 22.3. The molecule has 0 radical (unpaired) electrons. The molecule has 1 saturated heterocycles. The monoisotopic (exact) mass is 428 g/mol. The van der Waals surface area contributed by atoms with E-state index in [2.05, 4.69) is 21.9 Å². The molecule has 0 unspecified atom stereocenters. The molecule has 1 fully saturated rings. The first-order valence-corrected chi connectivity index (χ1v) is 9.92. The van der Waals surface area contributed by atoms with Gasteiger partial charge in [-0.15, -0.1) is 0 Å². The van der Waals surface area contributed by atoms with Gasteiger partial charge in [0.1, 0.15) is 23.0 Å². The number of halogens is 3. The second-order valence-corrected chi connectivity index (χ2v) is 7.55. The molecular weight excluding hydrogens is 410 g/mol. The van der Waals surface area contributed by atoms with Crippen molar-refractivity contribution in [2.75, 3.05) is 18.4 Å². The molecular formula is C22H19ClF2N4O. The number of hydrogen-bond donors (Lipinski definition) is 1. The summed E-state index contributed by atoms with van der Waals surface area (Å²) in [6.07, 6.45) is 4.56. The highest BCUT2D eigenvalue weighted by Gasteiger charge is 2.24. The Morgan fingerprint density at radius 3 is 2.90 bits per heavy atom. The number of nitrogens with zero attached hydrogens (tertiary/aromatic N) is 3. The van der Waals surface area contributed by atoms with Gasteiger partial charge in [-0.25, -0.2) is 18.7 Å². The van der Waals surface area contributed by atoms with Gasteiger partial charge in [-0.2, -0.15) is 0 Å².